The highest BCUT2D eigenvalue weighted by Gasteiger charge is 2.32. The average Bonchev–Trinajstić information content (AvgIpc) is 3.48. The van der Waals surface area contributed by atoms with E-state index in [-0.39, 0.29) is 95.9 Å². The molecule has 0 spiro atoms. The number of carboxylic acid groups (broad SMARTS) is 1. The second-order valence-electron chi connectivity index (χ2n) is 16.7. The molecule has 0 saturated carbocycles. The number of aliphatic carboxylic acids is 1. The van der Waals surface area contributed by atoms with Crippen molar-refractivity contribution < 1.29 is 86.5 Å². The zero-order chi connectivity index (χ0) is 50.0. The number of aliphatic hydroxyl groups is 1. The van der Waals surface area contributed by atoms with Gasteiger partial charge in [-0.25, -0.2) is 4.79 Å². The predicted octanol–water partition coefficient (Wildman–Crippen LogP) is 7.59. The van der Waals surface area contributed by atoms with E-state index in [1.807, 2.05) is 90.0 Å². The molecule has 0 aliphatic carbocycles. The number of rotatable bonds is 26. The van der Waals surface area contributed by atoms with E-state index in [0.717, 1.165) is 25.7 Å². The van der Waals surface area contributed by atoms with Gasteiger partial charge in [0, 0.05) is 39.3 Å². The molecule has 2 N–H and O–H groups in total. The van der Waals surface area contributed by atoms with Crippen LogP contribution in [0.15, 0.2) is 0 Å². The third-order valence-corrected chi connectivity index (χ3v) is 6.35. The zero-order valence-corrected chi connectivity index (χ0v) is 41.4. The van der Waals surface area contributed by atoms with Gasteiger partial charge in [0.2, 0.25) is 0 Å². The fraction of sp³-hybridized carbons (Fsp3) is 0.851. The quantitative estimate of drug-likeness (QED) is 0.0367. The number of ether oxygens (including phenoxy) is 8. The molecule has 1 aliphatic rings. The lowest BCUT2D eigenvalue weighted by molar-refractivity contribution is -0.198. The Morgan fingerprint density at radius 1 is 0.455 bits per heavy atom. The van der Waals surface area contributed by atoms with Gasteiger partial charge in [0.05, 0.1) is 78.4 Å². The summed E-state index contributed by atoms with van der Waals surface area (Å²) in [6, 6.07) is 0. The average molecular weight is 960 g/mol. The zero-order valence-electron chi connectivity index (χ0n) is 41.4. The van der Waals surface area contributed by atoms with Gasteiger partial charge in [0.1, 0.15) is 16.8 Å². The number of hydroxylamine groups is 2. The van der Waals surface area contributed by atoms with Gasteiger partial charge < -0.3 is 52.9 Å². The molecule has 1 fully saturated rings. The number of carbonyl (C=O) groups is 7. The van der Waals surface area contributed by atoms with E-state index in [0.29, 0.717) is 70.8 Å². The Labute approximate surface area is 397 Å². The van der Waals surface area contributed by atoms with Gasteiger partial charge >= 0.3 is 29.8 Å². The molecule has 0 atom stereocenters. The van der Waals surface area contributed by atoms with Gasteiger partial charge in [0.15, 0.2) is 0 Å². The maximum absolute atomic E-state index is 11.2. The number of imide groups is 1. The van der Waals surface area contributed by atoms with Gasteiger partial charge in [0.25, 0.3) is 11.8 Å². The first-order valence-corrected chi connectivity index (χ1v) is 22.2. The van der Waals surface area contributed by atoms with E-state index in [1.165, 1.54) is 0 Å². The molecule has 0 unspecified atom stereocenters. The lowest BCUT2D eigenvalue weighted by Gasteiger charge is -2.19. The molecule has 1 rings (SSSR count). The van der Waals surface area contributed by atoms with E-state index >= 15 is 0 Å². The van der Waals surface area contributed by atoms with Crippen molar-refractivity contribution in [1.29, 1.82) is 0 Å². The second kappa shape index (κ2) is 46.4. The summed E-state index contributed by atoms with van der Waals surface area (Å²) in [6.45, 7) is 29.3. The van der Waals surface area contributed by atoms with Crippen LogP contribution < -0.4 is 0 Å². The fourth-order valence-electron chi connectivity index (χ4n) is 3.92. The van der Waals surface area contributed by atoms with Crippen LogP contribution >= 0.6 is 0 Å². The second-order valence-corrected chi connectivity index (χ2v) is 16.7. The van der Waals surface area contributed by atoms with Crippen LogP contribution in [-0.4, -0.2) is 146 Å². The van der Waals surface area contributed by atoms with Crippen LogP contribution in [0.4, 0.5) is 0 Å². The Balaban J connectivity index is -0.000000171. The van der Waals surface area contributed by atoms with Crippen LogP contribution in [0.25, 0.3) is 0 Å². The molecule has 0 aromatic rings. The van der Waals surface area contributed by atoms with Crippen molar-refractivity contribution in [2.24, 2.45) is 0 Å². The van der Waals surface area contributed by atoms with Gasteiger partial charge in [-0.1, -0.05) is 42.5 Å². The number of aliphatic hydroxyl groups excluding tert-OH is 1. The molecule has 1 aliphatic heterocycles. The smallest absolute Gasteiger partial charge is 0.335 e. The number of nitrogens with zero attached hydrogens (tertiary/aromatic N) is 1. The highest BCUT2D eigenvalue weighted by molar-refractivity contribution is 6.01. The summed E-state index contributed by atoms with van der Waals surface area (Å²) in [4.78, 5) is 81.2. The standard InChI is InChI=1S/C10H15NO5.2C10H20O3.C9H18O4.C6H12O3.2CH4/c1-2-6-15-7-5-10(14)16-11-8(12)3-4-9(11)13;2*1-5-7-12-8-6-9(11)13-10(2,3)4;1-9(2,3)13-8(11)4-6-12-7-5-10;1-2-4-9-5-3-6(7)8;;/h2-7H2,1H3;2*5-8H2,1-4H3;10H,4-7H2,1-3H3;2-5H2,1H3,(H,7,8);2*1H4. The number of carbonyl (C=O) groups excluding carboxylic acids is 6. The number of carboxylic acids is 1. The van der Waals surface area contributed by atoms with Crippen molar-refractivity contribution in [3.63, 3.8) is 0 Å². The molecule has 1 saturated heterocycles. The van der Waals surface area contributed by atoms with Crippen LogP contribution in [0.5, 0.6) is 0 Å². The number of amides is 2. The van der Waals surface area contributed by atoms with E-state index in [9.17, 15) is 33.6 Å². The minimum atomic E-state index is -0.800. The summed E-state index contributed by atoms with van der Waals surface area (Å²) >= 11 is 0. The van der Waals surface area contributed by atoms with Crippen LogP contribution in [-0.2, 0) is 76.3 Å². The molecular formula is C47H93NO18. The van der Waals surface area contributed by atoms with Gasteiger partial charge in [-0.3, -0.25) is 28.8 Å². The van der Waals surface area contributed by atoms with E-state index in [2.05, 4.69) is 4.84 Å². The lowest BCUT2D eigenvalue weighted by atomic mass is 10.2. The summed E-state index contributed by atoms with van der Waals surface area (Å²) in [5.74, 6) is -3.01. The van der Waals surface area contributed by atoms with Crippen molar-refractivity contribution in [2.75, 3.05) is 72.7 Å². The van der Waals surface area contributed by atoms with Gasteiger partial charge in [-0.05, 0) is 88.0 Å². The van der Waals surface area contributed by atoms with Crippen molar-refractivity contribution in [3.8, 4) is 0 Å². The molecule has 19 nitrogen and oxygen atoms in total. The fourth-order valence-corrected chi connectivity index (χ4v) is 3.92. The van der Waals surface area contributed by atoms with Crippen molar-refractivity contribution >= 4 is 41.7 Å². The highest BCUT2D eigenvalue weighted by atomic mass is 16.7. The molecule has 66 heavy (non-hydrogen) atoms. The van der Waals surface area contributed by atoms with Crippen LogP contribution in [0.3, 0.4) is 0 Å². The lowest BCUT2D eigenvalue weighted by Crippen LogP contribution is -2.32. The predicted molar refractivity (Wildman–Crippen MR) is 251 cm³/mol. The Hall–Kier alpha value is -3.75. The molecule has 0 radical (unpaired) electrons. The molecule has 2 amide bonds. The van der Waals surface area contributed by atoms with Crippen LogP contribution in [0.1, 0.15) is 175 Å². The first kappa shape index (κ1) is 73.8. The van der Waals surface area contributed by atoms with E-state index < -0.39 is 29.4 Å². The van der Waals surface area contributed by atoms with Crippen molar-refractivity contribution in [1.82, 2.24) is 5.06 Å². The molecule has 394 valence electrons. The topological polar surface area (TPSA) is 246 Å². The summed E-state index contributed by atoms with van der Waals surface area (Å²) in [5, 5.41) is 17.1. The Bertz CT molecular complexity index is 1140. The first-order valence-electron chi connectivity index (χ1n) is 22.2. The third kappa shape index (κ3) is 62.3. The molecule has 1 heterocycles. The molecule has 0 aromatic carbocycles. The Morgan fingerprint density at radius 2 is 0.712 bits per heavy atom. The SMILES string of the molecule is C.C.CC(C)(C)OC(=O)CCOCCO.CCCOCCC(=O)O.CCCOCCC(=O)OC(C)(C)C.CCCOCCC(=O)OC(C)(C)C.CCCOCCC(=O)ON1C(=O)CCC1=O. The monoisotopic (exact) mass is 960 g/mol. The van der Waals surface area contributed by atoms with Crippen LogP contribution in [0, 0.1) is 0 Å². The number of hydrogen-bond donors (Lipinski definition) is 2. The third-order valence-electron chi connectivity index (χ3n) is 6.35. The maximum Gasteiger partial charge on any atom is 0.335 e. The summed E-state index contributed by atoms with van der Waals surface area (Å²) in [5.41, 5.74) is -1.21. The molecule has 0 aromatic heterocycles. The van der Waals surface area contributed by atoms with Crippen molar-refractivity contribution in [3.05, 3.63) is 0 Å². The van der Waals surface area contributed by atoms with Crippen molar-refractivity contribution in [2.45, 2.75) is 192 Å². The van der Waals surface area contributed by atoms with Gasteiger partial charge in [-0.2, -0.15) is 0 Å². The summed E-state index contributed by atoms with van der Waals surface area (Å²) in [6.07, 6.45) is 5.07. The van der Waals surface area contributed by atoms with E-state index in [4.69, 9.17) is 48.1 Å². The number of hydrogen-bond acceptors (Lipinski definition) is 17. The Morgan fingerprint density at radius 3 is 0.955 bits per heavy atom. The first-order chi connectivity index (χ1) is 29.8. The summed E-state index contributed by atoms with van der Waals surface area (Å²) < 4.78 is 40.5. The van der Waals surface area contributed by atoms with E-state index in [1.54, 1.807) is 0 Å². The highest BCUT2D eigenvalue weighted by Crippen LogP contribution is 2.13. The Kier molecular flexibility index (Phi) is 51.8. The summed E-state index contributed by atoms with van der Waals surface area (Å²) in [7, 11) is 0. The normalized spacial score (nSPS) is 11.8. The molecule has 0 bridgehead atoms. The number of esters is 3. The molecular weight excluding hydrogens is 867 g/mol. The maximum atomic E-state index is 11.2. The minimum absolute atomic E-state index is 0. The largest absolute Gasteiger partial charge is 0.481 e. The van der Waals surface area contributed by atoms with Gasteiger partial charge in [-0.15, -0.1) is 5.06 Å². The van der Waals surface area contributed by atoms with Crippen LogP contribution in [0.2, 0.25) is 0 Å². The molecule has 19 heteroatoms. The minimum Gasteiger partial charge on any atom is -0.481 e.